The van der Waals surface area contributed by atoms with Crippen LogP contribution in [-0.2, 0) is 0 Å². The largest absolute Gasteiger partial charge is 0.509 e. The van der Waals surface area contributed by atoms with Crippen LogP contribution in [0.15, 0.2) is 96.1 Å². The number of allylic oxidation sites excluding steroid dienone is 11. The Morgan fingerprint density at radius 3 is 2.62 bits per heavy atom. The summed E-state index contributed by atoms with van der Waals surface area (Å²) >= 11 is 0. The lowest BCUT2D eigenvalue weighted by Gasteiger charge is -2.36. The van der Waals surface area contributed by atoms with Gasteiger partial charge in [-0.1, -0.05) is 68.2 Å². The minimum absolute atomic E-state index is 0.0504. The summed E-state index contributed by atoms with van der Waals surface area (Å²) in [6, 6.07) is 0. The minimum Gasteiger partial charge on any atom is -0.509 e. The van der Waals surface area contributed by atoms with Crippen molar-refractivity contribution in [1.29, 1.82) is 0 Å². The monoisotopic (exact) mass is 351 g/mol. The molecule has 0 aromatic rings. The van der Waals surface area contributed by atoms with Crippen molar-refractivity contribution in [3.05, 3.63) is 96.1 Å². The molecule has 0 heterocycles. The van der Waals surface area contributed by atoms with Crippen molar-refractivity contribution >= 4 is 0 Å². The van der Waals surface area contributed by atoms with Gasteiger partial charge in [-0.05, 0) is 63.5 Å². The second kappa shape index (κ2) is 10.5. The molecule has 1 aliphatic rings. The molecular weight excluding hydrogens is 318 g/mol. The maximum Gasteiger partial charge on any atom is 0.108 e. The van der Waals surface area contributed by atoms with E-state index in [9.17, 15) is 0 Å². The first kappa shape index (κ1) is 21.6. The van der Waals surface area contributed by atoms with Crippen LogP contribution in [0.4, 0.5) is 0 Å². The predicted molar refractivity (Wildman–Crippen MR) is 115 cm³/mol. The number of hydrogen-bond donors (Lipinski definition) is 2. The molecule has 26 heavy (non-hydrogen) atoms. The van der Waals surface area contributed by atoms with E-state index < -0.39 is 0 Å². The van der Waals surface area contributed by atoms with Crippen molar-refractivity contribution in [2.75, 3.05) is 0 Å². The third-order valence-corrected chi connectivity index (χ3v) is 4.61. The van der Waals surface area contributed by atoms with E-state index in [1.54, 1.807) is 6.08 Å². The Kier molecular flexibility index (Phi) is 8.71. The maximum absolute atomic E-state index is 9.15. The van der Waals surface area contributed by atoms with Gasteiger partial charge in [-0.3, -0.25) is 0 Å². The topological polar surface area (TPSA) is 32.3 Å². The molecule has 0 aromatic heterocycles. The Bertz CT molecular complexity index is 698. The number of aliphatic hydroxyl groups is 1. The van der Waals surface area contributed by atoms with Crippen molar-refractivity contribution in [2.24, 2.45) is 5.41 Å². The van der Waals surface area contributed by atoms with Crippen LogP contribution in [0.5, 0.6) is 0 Å². The van der Waals surface area contributed by atoms with Crippen molar-refractivity contribution < 1.29 is 5.11 Å². The van der Waals surface area contributed by atoms with Crippen LogP contribution in [-0.4, -0.2) is 5.11 Å². The fraction of sp³-hybridized carbons (Fsp3) is 0.333. The van der Waals surface area contributed by atoms with Crippen LogP contribution in [0.3, 0.4) is 0 Å². The van der Waals surface area contributed by atoms with Crippen molar-refractivity contribution in [2.45, 2.75) is 47.0 Å². The molecule has 0 unspecified atom stereocenters. The first-order valence-electron chi connectivity index (χ1n) is 9.16. The van der Waals surface area contributed by atoms with Gasteiger partial charge in [-0.2, -0.15) is 0 Å². The van der Waals surface area contributed by atoms with Crippen LogP contribution in [0.2, 0.25) is 0 Å². The molecule has 2 N–H and O–H groups in total. The van der Waals surface area contributed by atoms with Crippen LogP contribution >= 0.6 is 0 Å². The zero-order chi connectivity index (χ0) is 19.6. The average Bonchev–Trinajstić information content (AvgIpc) is 2.58. The molecule has 0 saturated heterocycles. The van der Waals surface area contributed by atoms with E-state index in [2.05, 4.69) is 56.6 Å². The second-order valence-electron chi connectivity index (χ2n) is 6.99. The molecular formula is C24H33NO. The van der Waals surface area contributed by atoms with Crippen molar-refractivity contribution in [1.82, 2.24) is 5.32 Å². The normalized spacial score (nSPS) is 22.2. The number of nitrogens with one attached hydrogen (secondary N) is 1. The molecule has 0 radical (unpaired) electrons. The Morgan fingerprint density at radius 2 is 1.96 bits per heavy atom. The van der Waals surface area contributed by atoms with Crippen LogP contribution in [0.25, 0.3) is 0 Å². The van der Waals surface area contributed by atoms with Gasteiger partial charge in [-0.25, -0.2) is 0 Å². The SMILES string of the molecule is C=C(O)/C=C(C)/C=C/C=C(C)/C=C/C1=CCCC[C@]1(C)C(=C)N/C=C\C. The number of rotatable bonds is 8. The first-order chi connectivity index (χ1) is 12.3. The Labute approximate surface area is 159 Å². The fourth-order valence-electron chi connectivity index (χ4n) is 2.94. The second-order valence-corrected chi connectivity index (χ2v) is 6.99. The number of aliphatic hydroxyl groups excluding tert-OH is 1. The lowest BCUT2D eigenvalue weighted by Crippen LogP contribution is -2.29. The highest BCUT2D eigenvalue weighted by Crippen LogP contribution is 2.42. The molecule has 1 rings (SSSR count). The molecule has 0 amide bonds. The Balaban J connectivity index is 2.88. The van der Waals surface area contributed by atoms with Gasteiger partial charge in [0, 0.05) is 11.1 Å². The van der Waals surface area contributed by atoms with E-state index in [-0.39, 0.29) is 11.2 Å². The van der Waals surface area contributed by atoms with Gasteiger partial charge in [0.1, 0.15) is 5.76 Å². The summed E-state index contributed by atoms with van der Waals surface area (Å²) in [5.41, 5.74) is 4.43. The van der Waals surface area contributed by atoms with Gasteiger partial charge in [-0.15, -0.1) is 0 Å². The standard InChI is InChI=1S/C24H33NO/c1-7-17-25-22(5)24(6)16-9-8-13-23(24)15-14-19(2)11-10-12-20(3)18-21(4)26/h7,10-15,17-18,25-26H,4-5,8-9,16H2,1-3,6H3/b12-10+,15-14+,17-7-,19-11+,20-18+/t24-/m1/s1. The summed E-state index contributed by atoms with van der Waals surface area (Å²) in [7, 11) is 0. The van der Waals surface area contributed by atoms with E-state index in [1.165, 1.54) is 12.0 Å². The van der Waals surface area contributed by atoms with Crippen molar-refractivity contribution in [3.8, 4) is 0 Å². The summed E-state index contributed by atoms with van der Waals surface area (Å²) in [5.74, 6) is 0.0722. The summed E-state index contributed by atoms with van der Waals surface area (Å²) in [6.45, 7) is 16.0. The molecule has 0 fully saturated rings. The van der Waals surface area contributed by atoms with Gasteiger partial charge >= 0.3 is 0 Å². The van der Waals surface area contributed by atoms with Gasteiger partial charge < -0.3 is 10.4 Å². The molecule has 0 aromatic carbocycles. The van der Waals surface area contributed by atoms with Gasteiger partial charge in [0.05, 0.1) is 0 Å². The Morgan fingerprint density at radius 1 is 1.23 bits per heavy atom. The lowest BCUT2D eigenvalue weighted by molar-refractivity contribution is 0.398. The van der Waals surface area contributed by atoms with E-state index in [0.29, 0.717) is 0 Å². The predicted octanol–water partition coefficient (Wildman–Crippen LogP) is 6.82. The highest BCUT2D eigenvalue weighted by atomic mass is 16.3. The summed E-state index contributed by atoms with van der Waals surface area (Å²) < 4.78 is 0. The molecule has 2 heteroatoms. The Hall–Kier alpha value is -2.48. The van der Waals surface area contributed by atoms with Gasteiger partial charge in [0.15, 0.2) is 0 Å². The van der Waals surface area contributed by atoms with Gasteiger partial charge in [0.25, 0.3) is 0 Å². The number of hydrogen-bond acceptors (Lipinski definition) is 2. The van der Waals surface area contributed by atoms with Crippen molar-refractivity contribution in [3.63, 3.8) is 0 Å². The lowest BCUT2D eigenvalue weighted by atomic mass is 9.71. The summed E-state index contributed by atoms with van der Waals surface area (Å²) in [6.07, 6.45) is 21.6. The molecule has 0 spiro atoms. The first-order valence-corrected chi connectivity index (χ1v) is 9.16. The molecule has 0 aliphatic heterocycles. The molecule has 0 bridgehead atoms. The van der Waals surface area contributed by atoms with E-state index >= 15 is 0 Å². The van der Waals surface area contributed by atoms with E-state index in [0.717, 1.165) is 29.7 Å². The third-order valence-electron chi connectivity index (χ3n) is 4.61. The molecule has 140 valence electrons. The molecule has 1 aliphatic carbocycles. The van der Waals surface area contributed by atoms with Crippen LogP contribution in [0, 0.1) is 5.41 Å². The zero-order valence-electron chi connectivity index (χ0n) is 16.7. The highest BCUT2D eigenvalue weighted by molar-refractivity contribution is 5.39. The molecule has 2 nitrogen and oxygen atoms in total. The molecule has 0 saturated carbocycles. The zero-order valence-corrected chi connectivity index (χ0v) is 16.7. The maximum atomic E-state index is 9.15. The van der Waals surface area contributed by atoms with Crippen LogP contribution in [0.1, 0.15) is 47.0 Å². The fourth-order valence-corrected chi connectivity index (χ4v) is 2.94. The highest BCUT2D eigenvalue weighted by Gasteiger charge is 2.32. The average molecular weight is 352 g/mol. The quantitative estimate of drug-likeness (QED) is 0.371. The summed E-state index contributed by atoms with van der Waals surface area (Å²) in [4.78, 5) is 0. The van der Waals surface area contributed by atoms with Crippen LogP contribution < -0.4 is 5.32 Å². The minimum atomic E-state index is -0.0504. The smallest absolute Gasteiger partial charge is 0.108 e. The summed E-state index contributed by atoms with van der Waals surface area (Å²) in [5, 5.41) is 12.5. The van der Waals surface area contributed by atoms with E-state index in [4.69, 9.17) is 5.11 Å². The third kappa shape index (κ3) is 6.79. The molecule has 1 atom stereocenters. The van der Waals surface area contributed by atoms with E-state index in [1.807, 2.05) is 38.3 Å². The van der Waals surface area contributed by atoms with Gasteiger partial charge in [0.2, 0.25) is 0 Å².